The van der Waals surface area contributed by atoms with Crippen LogP contribution >= 0.6 is 0 Å². The lowest BCUT2D eigenvalue weighted by Crippen LogP contribution is -2.46. The van der Waals surface area contributed by atoms with Crippen LogP contribution in [0.2, 0.25) is 0 Å². The maximum absolute atomic E-state index is 13.6. The molecule has 0 bridgehead atoms. The SMILES string of the molecule is COCCCN1C(=O)CC(CC(=O)NCC2(c3ccccc3)CCCCC2)(c2ccccc2)C1=O. The molecule has 186 valence electrons. The Labute approximate surface area is 208 Å². The third kappa shape index (κ3) is 5.32. The summed E-state index contributed by atoms with van der Waals surface area (Å²) in [6.45, 7) is 1.32. The molecule has 6 heteroatoms. The van der Waals surface area contributed by atoms with Gasteiger partial charge in [-0.25, -0.2) is 0 Å². The van der Waals surface area contributed by atoms with Crippen LogP contribution in [0.3, 0.4) is 0 Å². The van der Waals surface area contributed by atoms with E-state index in [4.69, 9.17) is 4.74 Å². The van der Waals surface area contributed by atoms with Crippen LogP contribution in [0.5, 0.6) is 0 Å². The number of carbonyl (C=O) groups excluding carboxylic acids is 3. The molecule has 2 aromatic rings. The maximum atomic E-state index is 13.6. The van der Waals surface area contributed by atoms with Gasteiger partial charge in [-0.3, -0.25) is 19.3 Å². The fraction of sp³-hybridized carbons (Fsp3) is 0.483. The molecule has 2 aromatic carbocycles. The standard InChI is InChI=1S/C29H36N2O4/c1-35-19-11-18-31-26(33)21-29(27(31)34,24-14-7-3-8-15-24)20-25(32)30-22-28(16-9-4-10-17-28)23-12-5-2-6-13-23/h2-3,5-8,12-15H,4,9-11,16-22H2,1H3,(H,30,32). The number of nitrogens with one attached hydrogen (secondary N) is 1. The first-order valence-electron chi connectivity index (χ1n) is 12.7. The van der Waals surface area contributed by atoms with Crippen molar-refractivity contribution in [2.45, 2.75) is 62.2 Å². The summed E-state index contributed by atoms with van der Waals surface area (Å²) in [6, 6.07) is 19.7. The fourth-order valence-electron chi connectivity index (χ4n) is 5.81. The quantitative estimate of drug-likeness (QED) is 0.413. The van der Waals surface area contributed by atoms with E-state index in [-0.39, 0.29) is 36.0 Å². The number of amides is 3. The molecule has 1 N–H and O–H groups in total. The molecule has 1 saturated carbocycles. The minimum atomic E-state index is -1.16. The van der Waals surface area contributed by atoms with E-state index in [2.05, 4.69) is 29.6 Å². The van der Waals surface area contributed by atoms with E-state index >= 15 is 0 Å². The monoisotopic (exact) mass is 476 g/mol. The molecule has 0 spiro atoms. The number of likely N-dealkylation sites (tertiary alicyclic amines) is 1. The molecule has 2 aliphatic rings. The molecule has 35 heavy (non-hydrogen) atoms. The van der Waals surface area contributed by atoms with Crippen molar-refractivity contribution in [3.05, 3.63) is 71.8 Å². The largest absolute Gasteiger partial charge is 0.385 e. The van der Waals surface area contributed by atoms with Crippen LogP contribution in [0.25, 0.3) is 0 Å². The molecule has 3 amide bonds. The van der Waals surface area contributed by atoms with Crippen LogP contribution in [0, 0.1) is 0 Å². The zero-order chi connectivity index (χ0) is 24.7. The number of rotatable bonds is 10. The van der Waals surface area contributed by atoms with Crippen LogP contribution in [-0.2, 0) is 30.0 Å². The van der Waals surface area contributed by atoms with E-state index in [0.717, 1.165) is 31.2 Å². The van der Waals surface area contributed by atoms with E-state index in [9.17, 15) is 14.4 Å². The first-order chi connectivity index (χ1) is 17.0. The Hall–Kier alpha value is -2.99. The first kappa shape index (κ1) is 25.1. The van der Waals surface area contributed by atoms with Gasteiger partial charge < -0.3 is 10.1 Å². The number of nitrogens with zero attached hydrogens (tertiary/aromatic N) is 1. The molecule has 1 heterocycles. The number of carbonyl (C=O) groups is 3. The predicted molar refractivity (Wildman–Crippen MR) is 135 cm³/mol. The van der Waals surface area contributed by atoms with Gasteiger partial charge in [0.25, 0.3) is 0 Å². The molecule has 1 aliphatic carbocycles. The van der Waals surface area contributed by atoms with Crippen molar-refractivity contribution in [2.24, 2.45) is 0 Å². The maximum Gasteiger partial charge on any atom is 0.240 e. The Morgan fingerprint density at radius 1 is 0.943 bits per heavy atom. The van der Waals surface area contributed by atoms with E-state index in [1.54, 1.807) is 7.11 Å². The lowest BCUT2D eigenvalue weighted by Gasteiger charge is -2.38. The van der Waals surface area contributed by atoms with E-state index in [1.807, 2.05) is 36.4 Å². The summed E-state index contributed by atoms with van der Waals surface area (Å²) in [5.74, 6) is -0.694. The summed E-state index contributed by atoms with van der Waals surface area (Å²) in [4.78, 5) is 41.3. The Morgan fingerprint density at radius 3 is 2.20 bits per heavy atom. The van der Waals surface area contributed by atoms with Gasteiger partial charge in [0, 0.05) is 45.1 Å². The summed E-state index contributed by atoms with van der Waals surface area (Å²) >= 11 is 0. The molecular formula is C29H36N2O4. The summed E-state index contributed by atoms with van der Waals surface area (Å²) < 4.78 is 5.10. The van der Waals surface area contributed by atoms with Gasteiger partial charge in [-0.05, 0) is 30.4 Å². The van der Waals surface area contributed by atoms with Crippen molar-refractivity contribution in [1.29, 1.82) is 0 Å². The molecule has 0 aromatic heterocycles. The smallest absolute Gasteiger partial charge is 0.240 e. The normalized spacial score (nSPS) is 21.8. The number of imide groups is 1. The van der Waals surface area contributed by atoms with Crippen LogP contribution in [0.1, 0.15) is 62.5 Å². The van der Waals surface area contributed by atoms with Crippen LogP contribution < -0.4 is 5.32 Å². The van der Waals surface area contributed by atoms with E-state index < -0.39 is 5.41 Å². The fourth-order valence-corrected chi connectivity index (χ4v) is 5.81. The van der Waals surface area contributed by atoms with Gasteiger partial charge in [-0.2, -0.15) is 0 Å². The average molecular weight is 477 g/mol. The van der Waals surface area contributed by atoms with Crippen LogP contribution in [-0.4, -0.2) is 49.4 Å². The highest BCUT2D eigenvalue weighted by Crippen LogP contribution is 2.41. The predicted octanol–water partition coefficient (Wildman–Crippen LogP) is 4.13. The van der Waals surface area contributed by atoms with Gasteiger partial charge in [0.1, 0.15) is 0 Å². The van der Waals surface area contributed by atoms with Gasteiger partial charge in [-0.15, -0.1) is 0 Å². The second-order valence-electron chi connectivity index (χ2n) is 9.98. The summed E-state index contributed by atoms with van der Waals surface area (Å²) in [5.41, 5.74) is 0.728. The Kier molecular flexibility index (Phi) is 8.01. The molecular weight excluding hydrogens is 440 g/mol. The Bertz CT molecular complexity index is 1020. The highest BCUT2D eigenvalue weighted by atomic mass is 16.5. The third-order valence-corrected chi connectivity index (χ3v) is 7.75. The molecule has 1 saturated heterocycles. The number of hydrogen-bond donors (Lipinski definition) is 1. The van der Waals surface area contributed by atoms with E-state index in [1.165, 1.54) is 16.9 Å². The zero-order valence-electron chi connectivity index (χ0n) is 20.6. The van der Waals surface area contributed by atoms with Crippen molar-refractivity contribution in [3.63, 3.8) is 0 Å². The number of methoxy groups -OCH3 is 1. The van der Waals surface area contributed by atoms with Gasteiger partial charge in [0.15, 0.2) is 0 Å². The van der Waals surface area contributed by atoms with Crippen molar-refractivity contribution < 1.29 is 19.1 Å². The number of benzene rings is 2. The zero-order valence-corrected chi connectivity index (χ0v) is 20.6. The molecule has 2 fully saturated rings. The summed E-state index contributed by atoms with van der Waals surface area (Å²) in [6.07, 6.45) is 6.12. The van der Waals surface area contributed by atoms with E-state index in [0.29, 0.717) is 26.1 Å². The Morgan fingerprint density at radius 2 is 1.57 bits per heavy atom. The summed E-state index contributed by atoms with van der Waals surface area (Å²) in [7, 11) is 1.60. The lowest BCUT2D eigenvalue weighted by atomic mass is 9.69. The Balaban J connectivity index is 1.53. The van der Waals surface area contributed by atoms with Gasteiger partial charge in [-0.1, -0.05) is 79.9 Å². The number of hydrogen-bond acceptors (Lipinski definition) is 4. The molecule has 4 rings (SSSR count). The lowest BCUT2D eigenvalue weighted by molar-refractivity contribution is -0.141. The van der Waals surface area contributed by atoms with Crippen LogP contribution in [0.15, 0.2) is 60.7 Å². The topological polar surface area (TPSA) is 75.7 Å². The average Bonchev–Trinajstić information content (AvgIpc) is 3.14. The van der Waals surface area contributed by atoms with Gasteiger partial charge in [0.2, 0.25) is 17.7 Å². The number of ether oxygens (including phenoxy) is 1. The van der Waals surface area contributed by atoms with Crippen molar-refractivity contribution >= 4 is 17.7 Å². The van der Waals surface area contributed by atoms with Crippen molar-refractivity contribution in [1.82, 2.24) is 10.2 Å². The first-order valence-corrected chi connectivity index (χ1v) is 12.7. The van der Waals surface area contributed by atoms with Crippen molar-refractivity contribution in [3.8, 4) is 0 Å². The molecule has 0 radical (unpaired) electrons. The molecule has 1 atom stereocenters. The van der Waals surface area contributed by atoms with Gasteiger partial charge >= 0.3 is 0 Å². The third-order valence-electron chi connectivity index (χ3n) is 7.75. The second-order valence-corrected chi connectivity index (χ2v) is 9.98. The minimum absolute atomic E-state index is 0.0140. The molecule has 1 aliphatic heterocycles. The highest BCUT2D eigenvalue weighted by molar-refractivity contribution is 6.10. The van der Waals surface area contributed by atoms with Gasteiger partial charge in [0.05, 0.1) is 5.41 Å². The second kappa shape index (κ2) is 11.2. The summed E-state index contributed by atoms with van der Waals surface area (Å²) in [5, 5.41) is 3.17. The highest BCUT2D eigenvalue weighted by Gasteiger charge is 2.53. The van der Waals surface area contributed by atoms with Crippen LogP contribution in [0.4, 0.5) is 0 Å². The molecule has 6 nitrogen and oxygen atoms in total. The van der Waals surface area contributed by atoms with Crippen molar-refractivity contribution in [2.75, 3.05) is 26.8 Å². The molecule has 1 unspecified atom stereocenters. The minimum Gasteiger partial charge on any atom is -0.385 e.